The molecule has 5 rings (SSSR count). The van der Waals surface area contributed by atoms with E-state index in [1.165, 1.54) is 6.42 Å². The zero-order chi connectivity index (χ0) is 28.4. The molecule has 0 spiro atoms. The van der Waals surface area contributed by atoms with Gasteiger partial charge in [0.1, 0.15) is 23.9 Å². The van der Waals surface area contributed by atoms with E-state index in [-0.39, 0.29) is 5.91 Å². The van der Waals surface area contributed by atoms with Crippen molar-refractivity contribution in [3.05, 3.63) is 108 Å². The molecule has 0 aromatic heterocycles. The Bertz CT molecular complexity index is 1480. The quantitative estimate of drug-likeness (QED) is 0.192. The molecule has 41 heavy (non-hydrogen) atoms. The van der Waals surface area contributed by atoms with Crippen molar-refractivity contribution < 1.29 is 23.7 Å². The van der Waals surface area contributed by atoms with Crippen molar-refractivity contribution in [1.29, 1.82) is 0 Å². The van der Waals surface area contributed by atoms with Gasteiger partial charge in [0.2, 0.25) is 0 Å². The Balaban J connectivity index is 1.16. The van der Waals surface area contributed by atoms with E-state index < -0.39 is 0 Å². The third-order valence-electron chi connectivity index (χ3n) is 6.90. The Hall–Kier alpha value is -4.78. The number of amides is 1. The standard InChI is InChI=1S/C34H34N2O5/c1-38-30-7-6-8-31(22-30)41-29-16-14-28(15-17-29)35-23-26-11-18-32(33(21-26)39-2)40-24-25-9-12-27(13-10-25)34(37)36-19-4-3-5-20-36/h6-18,21-23H,3-5,19-20,24H2,1-2H3. The number of rotatable bonds is 10. The second-order valence-corrected chi connectivity index (χ2v) is 9.78. The molecule has 1 aliphatic heterocycles. The normalized spacial score (nSPS) is 13.2. The molecular formula is C34H34N2O5. The van der Waals surface area contributed by atoms with E-state index in [2.05, 4.69) is 4.99 Å². The molecule has 7 heteroatoms. The highest BCUT2D eigenvalue weighted by Gasteiger charge is 2.18. The van der Waals surface area contributed by atoms with Gasteiger partial charge in [0.05, 0.1) is 19.9 Å². The van der Waals surface area contributed by atoms with Gasteiger partial charge in [0, 0.05) is 30.9 Å². The number of hydrogen-bond acceptors (Lipinski definition) is 6. The predicted molar refractivity (Wildman–Crippen MR) is 160 cm³/mol. The Kier molecular flexibility index (Phi) is 9.16. The van der Waals surface area contributed by atoms with Gasteiger partial charge in [0.25, 0.3) is 5.91 Å². The summed E-state index contributed by atoms with van der Waals surface area (Å²) in [5, 5.41) is 0. The van der Waals surface area contributed by atoms with E-state index in [1.807, 2.05) is 95.9 Å². The lowest BCUT2D eigenvalue weighted by Gasteiger charge is -2.26. The van der Waals surface area contributed by atoms with E-state index in [0.717, 1.165) is 54.1 Å². The smallest absolute Gasteiger partial charge is 0.253 e. The summed E-state index contributed by atoms with van der Waals surface area (Å²) in [6, 6.07) is 28.3. The van der Waals surface area contributed by atoms with Crippen LogP contribution in [0.4, 0.5) is 5.69 Å². The molecular weight excluding hydrogens is 516 g/mol. The lowest BCUT2D eigenvalue weighted by atomic mass is 10.1. The number of benzene rings is 4. The van der Waals surface area contributed by atoms with Gasteiger partial charge in [-0.3, -0.25) is 9.79 Å². The summed E-state index contributed by atoms with van der Waals surface area (Å²) >= 11 is 0. The van der Waals surface area contributed by atoms with Crippen LogP contribution in [0.3, 0.4) is 0 Å². The van der Waals surface area contributed by atoms with Crippen LogP contribution in [0.1, 0.15) is 40.7 Å². The summed E-state index contributed by atoms with van der Waals surface area (Å²) in [7, 11) is 3.24. The second-order valence-electron chi connectivity index (χ2n) is 9.78. The van der Waals surface area contributed by atoms with E-state index in [1.54, 1.807) is 20.4 Å². The molecule has 1 heterocycles. The molecule has 210 valence electrons. The fraction of sp³-hybridized carbons (Fsp3) is 0.235. The highest BCUT2D eigenvalue weighted by Crippen LogP contribution is 2.30. The first-order valence-corrected chi connectivity index (χ1v) is 13.8. The molecule has 7 nitrogen and oxygen atoms in total. The zero-order valence-electron chi connectivity index (χ0n) is 23.4. The van der Waals surface area contributed by atoms with Crippen LogP contribution in [0.5, 0.6) is 28.7 Å². The highest BCUT2D eigenvalue weighted by atomic mass is 16.5. The van der Waals surface area contributed by atoms with Gasteiger partial charge < -0.3 is 23.8 Å². The topological polar surface area (TPSA) is 69.6 Å². The first-order chi connectivity index (χ1) is 20.1. The number of aliphatic imine (C=N–C) groups is 1. The molecule has 0 unspecified atom stereocenters. The van der Waals surface area contributed by atoms with Crippen LogP contribution in [0.2, 0.25) is 0 Å². The van der Waals surface area contributed by atoms with Crippen LogP contribution < -0.4 is 18.9 Å². The largest absolute Gasteiger partial charge is 0.497 e. The average molecular weight is 551 g/mol. The third kappa shape index (κ3) is 7.45. The van der Waals surface area contributed by atoms with E-state index in [0.29, 0.717) is 29.6 Å². The van der Waals surface area contributed by atoms with Crippen LogP contribution in [-0.4, -0.2) is 44.3 Å². The summed E-state index contributed by atoms with van der Waals surface area (Å²) in [4.78, 5) is 19.2. The first-order valence-electron chi connectivity index (χ1n) is 13.8. The van der Waals surface area contributed by atoms with Gasteiger partial charge in [-0.25, -0.2) is 0 Å². The summed E-state index contributed by atoms with van der Waals surface area (Å²) in [5.74, 6) is 3.52. The maximum Gasteiger partial charge on any atom is 0.253 e. The summed E-state index contributed by atoms with van der Waals surface area (Å²) in [5.41, 5.74) is 3.37. The second kappa shape index (κ2) is 13.5. The zero-order valence-corrected chi connectivity index (χ0v) is 23.4. The molecule has 0 aliphatic carbocycles. The fourth-order valence-electron chi connectivity index (χ4n) is 4.62. The number of methoxy groups -OCH3 is 2. The molecule has 0 bridgehead atoms. The molecule has 1 fully saturated rings. The summed E-state index contributed by atoms with van der Waals surface area (Å²) < 4.78 is 22.8. The Morgan fingerprint density at radius 3 is 2.27 bits per heavy atom. The molecule has 0 atom stereocenters. The van der Waals surface area contributed by atoms with Crippen LogP contribution in [0.15, 0.2) is 96.0 Å². The minimum absolute atomic E-state index is 0.105. The minimum atomic E-state index is 0.105. The number of ether oxygens (including phenoxy) is 4. The Morgan fingerprint density at radius 2 is 1.54 bits per heavy atom. The molecule has 0 saturated carbocycles. The molecule has 1 saturated heterocycles. The molecule has 1 amide bonds. The number of carbonyl (C=O) groups is 1. The van der Waals surface area contributed by atoms with Gasteiger partial charge in [-0.05, 0) is 97.1 Å². The van der Waals surface area contributed by atoms with Gasteiger partial charge in [-0.15, -0.1) is 0 Å². The maximum atomic E-state index is 12.7. The number of hydrogen-bond donors (Lipinski definition) is 0. The molecule has 0 radical (unpaired) electrons. The van der Waals surface area contributed by atoms with Crippen molar-refractivity contribution in [2.24, 2.45) is 4.99 Å². The summed E-state index contributed by atoms with van der Waals surface area (Å²) in [6.07, 6.45) is 5.15. The van der Waals surface area contributed by atoms with Crippen molar-refractivity contribution in [3.8, 4) is 28.7 Å². The fourth-order valence-corrected chi connectivity index (χ4v) is 4.62. The lowest BCUT2D eigenvalue weighted by molar-refractivity contribution is 0.0724. The van der Waals surface area contributed by atoms with Gasteiger partial charge in [-0.2, -0.15) is 0 Å². The van der Waals surface area contributed by atoms with E-state index in [9.17, 15) is 4.79 Å². The van der Waals surface area contributed by atoms with Crippen molar-refractivity contribution in [2.45, 2.75) is 25.9 Å². The van der Waals surface area contributed by atoms with Crippen LogP contribution in [0, 0.1) is 0 Å². The number of carbonyl (C=O) groups excluding carboxylic acids is 1. The highest BCUT2D eigenvalue weighted by molar-refractivity contribution is 5.94. The summed E-state index contributed by atoms with van der Waals surface area (Å²) in [6.45, 7) is 2.05. The number of likely N-dealkylation sites (tertiary alicyclic amines) is 1. The van der Waals surface area contributed by atoms with Crippen molar-refractivity contribution in [2.75, 3.05) is 27.3 Å². The van der Waals surface area contributed by atoms with Crippen molar-refractivity contribution in [1.82, 2.24) is 4.90 Å². The minimum Gasteiger partial charge on any atom is -0.497 e. The predicted octanol–water partition coefficient (Wildman–Crippen LogP) is 7.45. The van der Waals surface area contributed by atoms with Crippen molar-refractivity contribution in [3.63, 3.8) is 0 Å². The van der Waals surface area contributed by atoms with Gasteiger partial charge >= 0.3 is 0 Å². The van der Waals surface area contributed by atoms with E-state index in [4.69, 9.17) is 18.9 Å². The van der Waals surface area contributed by atoms with Gasteiger partial charge in [-0.1, -0.05) is 18.2 Å². The number of nitrogens with zero attached hydrogens (tertiary/aromatic N) is 2. The van der Waals surface area contributed by atoms with Crippen LogP contribution in [-0.2, 0) is 6.61 Å². The average Bonchev–Trinajstić information content (AvgIpc) is 3.04. The van der Waals surface area contributed by atoms with Gasteiger partial charge in [0.15, 0.2) is 11.5 Å². The molecule has 4 aromatic rings. The Morgan fingerprint density at radius 1 is 0.780 bits per heavy atom. The van der Waals surface area contributed by atoms with Crippen molar-refractivity contribution >= 4 is 17.8 Å². The van der Waals surface area contributed by atoms with Crippen LogP contribution in [0.25, 0.3) is 0 Å². The first kappa shape index (κ1) is 27.8. The SMILES string of the molecule is COc1cccc(Oc2ccc(N=Cc3ccc(OCc4ccc(C(=O)N5CCCCC5)cc4)c(OC)c3)cc2)c1. The van der Waals surface area contributed by atoms with Crippen LogP contribution >= 0.6 is 0 Å². The monoisotopic (exact) mass is 550 g/mol. The molecule has 0 N–H and O–H groups in total. The Labute approximate surface area is 241 Å². The lowest BCUT2D eigenvalue weighted by Crippen LogP contribution is -2.35. The maximum absolute atomic E-state index is 12.7. The molecule has 1 aliphatic rings. The molecule has 4 aromatic carbocycles. The number of piperidine rings is 1. The van der Waals surface area contributed by atoms with E-state index >= 15 is 0 Å². The third-order valence-corrected chi connectivity index (χ3v) is 6.90.